The van der Waals surface area contributed by atoms with Crippen molar-refractivity contribution in [2.75, 3.05) is 16.8 Å². The highest BCUT2D eigenvalue weighted by atomic mass is 32.1. The number of fused-ring (bicyclic) bond motifs is 4. The number of nitrogens with zero attached hydrogens (tertiary/aromatic N) is 4. The fourth-order valence-electron chi connectivity index (χ4n) is 6.18. The topological polar surface area (TPSA) is 139 Å². The maximum atomic E-state index is 17.0. The van der Waals surface area contributed by atoms with Crippen molar-refractivity contribution >= 4 is 55.5 Å². The molecule has 1 saturated heterocycles. The molecule has 0 spiro atoms. The van der Waals surface area contributed by atoms with Gasteiger partial charge in [0, 0.05) is 45.4 Å². The van der Waals surface area contributed by atoms with Crippen LogP contribution in [-0.4, -0.2) is 52.0 Å². The van der Waals surface area contributed by atoms with Crippen molar-refractivity contribution < 1.29 is 32.6 Å². The zero-order valence-corrected chi connectivity index (χ0v) is 28.5. The van der Waals surface area contributed by atoms with Gasteiger partial charge in [0.25, 0.3) is 0 Å². The number of carbonyl (C=O) groups is 2. The van der Waals surface area contributed by atoms with Gasteiger partial charge in [-0.15, -0.1) is 11.3 Å². The van der Waals surface area contributed by atoms with Crippen molar-refractivity contribution in [1.29, 1.82) is 5.26 Å². The quantitative estimate of drug-likeness (QED) is 0.224. The van der Waals surface area contributed by atoms with Crippen molar-refractivity contribution in [3.8, 4) is 17.2 Å². The third kappa shape index (κ3) is 6.20. The third-order valence-corrected chi connectivity index (χ3v) is 9.25. The first-order valence-electron chi connectivity index (χ1n) is 15.6. The highest BCUT2D eigenvalue weighted by Gasteiger charge is 2.36. The third-order valence-electron chi connectivity index (χ3n) is 8.18. The van der Waals surface area contributed by atoms with E-state index in [9.17, 15) is 14.9 Å². The molecule has 2 N–H and O–H groups in total. The van der Waals surface area contributed by atoms with E-state index in [1.807, 2.05) is 11.8 Å². The van der Waals surface area contributed by atoms with Crippen molar-refractivity contribution in [3.63, 3.8) is 0 Å². The van der Waals surface area contributed by atoms with E-state index in [1.54, 1.807) is 47.7 Å². The van der Waals surface area contributed by atoms with Crippen molar-refractivity contribution in [3.05, 3.63) is 46.7 Å². The first-order valence-corrected chi connectivity index (χ1v) is 16.4. The number of nitrogens with one attached hydrogen (secondary N) is 2. The fraction of sp³-hybridized carbons (Fsp3) is 0.441. The largest absolute Gasteiger partial charge is 0.444 e. The lowest BCUT2D eigenvalue weighted by Crippen LogP contribution is -2.45. The summed E-state index contributed by atoms with van der Waals surface area (Å²) in [6.45, 7) is 13.1. The van der Waals surface area contributed by atoms with Crippen LogP contribution in [0.4, 0.5) is 29.3 Å². The molecule has 2 aliphatic rings. The minimum absolute atomic E-state index is 0.0136. The van der Waals surface area contributed by atoms with E-state index in [1.165, 1.54) is 12.1 Å². The van der Waals surface area contributed by atoms with Crippen molar-refractivity contribution in [2.24, 2.45) is 0 Å². The normalized spacial score (nSPS) is 17.8. The molecule has 2 aromatic carbocycles. The minimum Gasteiger partial charge on any atom is -0.444 e. The molecule has 48 heavy (non-hydrogen) atoms. The predicted molar refractivity (Wildman–Crippen MR) is 178 cm³/mol. The van der Waals surface area contributed by atoms with Gasteiger partial charge in [-0.2, -0.15) is 5.26 Å². The summed E-state index contributed by atoms with van der Waals surface area (Å²) < 4.78 is 49.9. The number of nitriles is 1. The molecule has 252 valence electrons. The minimum atomic E-state index is -0.789. The monoisotopic (exact) mass is 678 g/mol. The van der Waals surface area contributed by atoms with Crippen LogP contribution in [0.1, 0.15) is 71.6 Å². The molecular weight excluding hydrogens is 642 g/mol. The molecule has 0 bridgehead atoms. The van der Waals surface area contributed by atoms with Gasteiger partial charge in [0.05, 0.1) is 24.8 Å². The molecule has 2 aromatic heterocycles. The summed E-state index contributed by atoms with van der Waals surface area (Å²) in [6.07, 6.45) is 0.834. The van der Waals surface area contributed by atoms with Gasteiger partial charge in [-0.05, 0) is 78.1 Å². The molecule has 4 heterocycles. The zero-order valence-electron chi connectivity index (χ0n) is 27.7. The van der Waals surface area contributed by atoms with Crippen LogP contribution in [-0.2, 0) is 27.4 Å². The highest BCUT2D eigenvalue weighted by Crippen LogP contribution is 2.47. The number of ether oxygens (including phenoxy) is 3. The van der Waals surface area contributed by atoms with Gasteiger partial charge in [-0.3, -0.25) is 5.32 Å². The predicted octanol–water partition coefficient (Wildman–Crippen LogP) is 7.53. The summed E-state index contributed by atoms with van der Waals surface area (Å²) in [5.74, 6) is -1.27. The van der Waals surface area contributed by atoms with Crippen molar-refractivity contribution in [2.45, 2.75) is 91.4 Å². The van der Waals surface area contributed by atoms with E-state index in [-0.39, 0.29) is 63.8 Å². The average Bonchev–Trinajstić information content (AvgIpc) is 3.69. The Morgan fingerprint density at radius 1 is 1.06 bits per heavy atom. The molecule has 2 amide bonds. The van der Waals surface area contributed by atoms with Crippen LogP contribution < -0.4 is 15.5 Å². The molecule has 0 aliphatic carbocycles. The van der Waals surface area contributed by atoms with Gasteiger partial charge in [-0.1, -0.05) is 0 Å². The van der Waals surface area contributed by atoms with Crippen LogP contribution in [0, 0.1) is 23.0 Å². The average molecular weight is 679 g/mol. The van der Waals surface area contributed by atoms with E-state index in [0.29, 0.717) is 34.2 Å². The molecule has 14 heteroatoms. The molecule has 0 saturated carbocycles. The molecule has 0 unspecified atom stereocenters. The summed E-state index contributed by atoms with van der Waals surface area (Å²) in [4.78, 5) is 36.2. The molecular formula is C34H36F2N6O5S. The molecule has 2 atom stereocenters. The number of hydrogen-bond acceptors (Lipinski definition) is 10. The summed E-state index contributed by atoms with van der Waals surface area (Å²) >= 11 is 1.06. The number of thiophene rings is 1. The number of amides is 2. The fourth-order valence-corrected chi connectivity index (χ4v) is 7.23. The van der Waals surface area contributed by atoms with Gasteiger partial charge < -0.3 is 24.4 Å². The lowest BCUT2D eigenvalue weighted by Gasteiger charge is -2.27. The van der Waals surface area contributed by atoms with Crippen LogP contribution in [0.3, 0.4) is 0 Å². The van der Waals surface area contributed by atoms with Crippen LogP contribution in [0.5, 0.6) is 0 Å². The number of alkyl carbamates (subject to hydrolysis) is 1. The SMILES string of the molecule is C[C@H]1[C@@H](NC(=O)OC(C)(C)C)CCN1c1ncc2c3c(c(-c4c(F)ccc5sc(NC(=O)OC(C)(C)C)c(C#N)c45)c(F)c2n1)COC3. The van der Waals surface area contributed by atoms with Crippen LogP contribution in [0.2, 0.25) is 0 Å². The van der Waals surface area contributed by atoms with Crippen molar-refractivity contribution in [1.82, 2.24) is 15.3 Å². The molecule has 6 rings (SSSR count). The Kier molecular flexibility index (Phi) is 8.41. The zero-order chi connectivity index (χ0) is 34.7. The van der Waals surface area contributed by atoms with Gasteiger partial charge in [-0.25, -0.2) is 28.3 Å². The molecule has 4 aromatic rings. The number of carbonyl (C=O) groups excluding carboxylic acids is 2. The lowest BCUT2D eigenvalue weighted by molar-refractivity contribution is 0.0501. The Labute approximate surface area is 280 Å². The number of hydrogen-bond donors (Lipinski definition) is 2. The molecule has 0 radical (unpaired) electrons. The maximum absolute atomic E-state index is 17.0. The van der Waals surface area contributed by atoms with Gasteiger partial charge in [0.15, 0.2) is 5.82 Å². The number of benzene rings is 2. The first-order chi connectivity index (χ1) is 22.6. The Balaban J connectivity index is 1.44. The van der Waals surface area contributed by atoms with E-state index in [4.69, 9.17) is 14.2 Å². The summed E-state index contributed by atoms with van der Waals surface area (Å²) in [5.41, 5.74) is -0.575. The van der Waals surface area contributed by atoms with Gasteiger partial charge in [0.2, 0.25) is 5.95 Å². The summed E-state index contributed by atoms with van der Waals surface area (Å²) in [6, 6.07) is 4.29. The summed E-state index contributed by atoms with van der Waals surface area (Å²) in [7, 11) is 0. The first kappa shape index (κ1) is 33.3. The van der Waals surface area contributed by atoms with Gasteiger partial charge >= 0.3 is 12.2 Å². The standard InChI is InChI=1S/C34H36F2N6O5S/c1-16-22(39-31(43)46-33(2,3)4)10-11-42(16)30-38-13-18-19-14-45-15-20(19)25(27(36)28(18)40-30)26-21(35)8-9-23-24(26)17(12-37)29(48-23)41-32(44)47-34(5,6)7/h8-9,13,16,22H,10-11,14-15H2,1-7H3,(H,39,43)(H,41,44)/t16-,22-/m0/s1. The lowest BCUT2D eigenvalue weighted by atomic mass is 9.90. The Morgan fingerprint density at radius 3 is 2.44 bits per heavy atom. The molecule has 1 fully saturated rings. The number of anilines is 2. The van der Waals surface area contributed by atoms with E-state index >= 15 is 8.78 Å². The number of rotatable bonds is 4. The highest BCUT2D eigenvalue weighted by molar-refractivity contribution is 7.23. The Morgan fingerprint density at radius 2 is 1.75 bits per heavy atom. The second kappa shape index (κ2) is 12.1. The van der Waals surface area contributed by atoms with Gasteiger partial charge in [0.1, 0.15) is 33.6 Å². The number of halogens is 2. The second-order valence-electron chi connectivity index (χ2n) is 13.9. The number of aromatic nitrogens is 2. The molecule has 2 aliphatic heterocycles. The van der Waals surface area contributed by atoms with Crippen LogP contribution in [0.15, 0.2) is 18.3 Å². The van der Waals surface area contributed by atoms with Crippen LogP contribution >= 0.6 is 11.3 Å². The van der Waals surface area contributed by atoms with E-state index in [0.717, 1.165) is 11.3 Å². The smallest absolute Gasteiger partial charge is 0.412 e. The Bertz CT molecular complexity index is 2010. The van der Waals surface area contributed by atoms with E-state index in [2.05, 4.69) is 26.7 Å². The van der Waals surface area contributed by atoms with Crippen LogP contribution in [0.25, 0.3) is 32.1 Å². The van der Waals surface area contributed by atoms with E-state index < -0.39 is 35.0 Å². The second-order valence-corrected chi connectivity index (χ2v) is 14.9. The Hall–Kier alpha value is -4.61. The molecule has 11 nitrogen and oxygen atoms in total. The summed E-state index contributed by atoms with van der Waals surface area (Å²) in [5, 5.41) is 16.5. The maximum Gasteiger partial charge on any atom is 0.412 e.